The van der Waals surface area contributed by atoms with Gasteiger partial charge >= 0.3 is 0 Å². The molecule has 152 valence electrons. The van der Waals surface area contributed by atoms with E-state index >= 15 is 0 Å². The summed E-state index contributed by atoms with van der Waals surface area (Å²) >= 11 is 3.51. The number of fused-ring (bicyclic) bond motifs is 1. The fraction of sp³-hybridized carbons (Fsp3) is 0.240. The van der Waals surface area contributed by atoms with E-state index < -0.39 is 11.3 Å². The molecule has 0 bridgehead atoms. The largest absolute Gasteiger partial charge is 0.399 e. The lowest BCUT2D eigenvalue weighted by Gasteiger charge is -2.45. The van der Waals surface area contributed by atoms with Crippen LogP contribution in [0.5, 0.6) is 0 Å². The Hall–Kier alpha value is -3.37. The molecule has 0 saturated carbocycles. The van der Waals surface area contributed by atoms with Crippen molar-refractivity contribution in [3.8, 4) is 18.2 Å². The Bertz CT molecular complexity index is 1180. The summed E-state index contributed by atoms with van der Waals surface area (Å²) in [6.45, 7) is 2.05. The number of rotatable bonds is 3. The average molecular weight is 470 g/mol. The van der Waals surface area contributed by atoms with Crippen LogP contribution < -0.4 is 5.73 Å². The summed E-state index contributed by atoms with van der Waals surface area (Å²) in [5.74, 6) is -0.685. The molecule has 5 nitrogen and oxygen atoms in total. The molecule has 0 spiro atoms. The predicted molar refractivity (Wildman–Crippen MR) is 121 cm³/mol. The quantitative estimate of drug-likeness (QED) is 0.718. The van der Waals surface area contributed by atoms with Crippen LogP contribution in [-0.4, -0.2) is 18.0 Å². The molecule has 6 heteroatoms. The van der Waals surface area contributed by atoms with Gasteiger partial charge in [0.2, 0.25) is 0 Å². The SMILES string of the molecule is N#CC1=C(N)C(C#N)(C#N)[C@@H](c2cccc(Br)c2)[C@H]2CN(Cc3ccccc3)CC=C12. The highest BCUT2D eigenvalue weighted by Crippen LogP contribution is 2.54. The van der Waals surface area contributed by atoms with Crippen LogP contribution in [0.15, 0.2) is 82.0 Å². The van der Waals surface area contributed by atoms with Crippen LogP contribution >= 0.6 is 15.9 Å². The van der Waals surface area contributed by atoms with Crippen molar-refractivity contribution < 1.29 is 0 Å². The van der Waals surface area contributed by atoms with Gasteiger partial charge in [0, 0.05) is 35.9 Å². The van der Waals surface area contributed by atoms with Gasteiger partial charge in [0.1, 0.15) is 6.07 Å². The molecule has 2 aliphatic rings. The smallest absolute Gasteiger partial charge is 0.191 e. The Morgan fingerprint density at radius 1 is 1.06 bits per heavy atom. The maximum absolute atomic E-state index is 10.2. The van der Waals surface area contributed by atoms with Crippen molar-refractivity contribution in [2.45, 2.75) is 12.5 Å². The number of benzene rings is 2. The number of nitrogens with two attached hydrogens (primary N) is 1. The standard InChI is InChI=1S/C25H20BrN5/c26-19-8-4-7-18(11-19)23-22-14-31(13-17-5-2-1-3-6-17)10-9-20(22)21(12-27)24(30)25(23,15-28)16-29/h1-9,11,22-23H,10,13-14,30H2/t22-,23-/m0/s1. The maximum Gasteiger partial charge on any atom is 0.191 e. The minimum Gasteiger partial charge on any atom is -0.399 e. The van der Waals surface area contributed by atoms with Gasteiger partial charge in [-0.2, -0.15) is 15.8 Å². The van der Waals surface area contributed by atoms with Crippen LogP contribution in [0.3, 0.4) is 0 Å². The van der Waals surface area contributed by atoms with Crippen LogP contribution in [0.4, 0.5) is 0 Å². The van der Waals surface area contributed by atoms with Crippen LogP contribution in [0.1, 0.15) is 17.0 Å². The van der Waals surface area contributed by atoms with E-state index in [1.165, 1.54) is 5.56 Å². The van der Waals surface area contributed by atoms with Crippen molar-refractivity contribution in [2.75, 3.05) is 13.1 Å². The normalized spacial score (nSPS) is 22.5. The molecule has 0 fully saturated rings. The first-order valence-electron chi connectivity index (χ1n) is 9.99. The Balaban J connectivity index is 1.85. The lowest BCUT2D eigenvalue weighted by Crippen LogP contribution is -2.47. The zero-order valence-electron chi connectivity index (χ0n) is 16.8. The van der Waals surface area contributed by atoms with Crippen molar-refractivity contribution in [2.24, 2.45) is 17.1 Å². The zero-order valence-corrected chi connectivity index (χ0v) is 18.4. The van der Waals surface area contributed by atoms with Gasteiger partial charge in [-0.3, -0.25) is 4.90 Å². The molecule has 0 radical (unpaired) electrons. The van der Waals surface area contributed by atoms with Gasteiger partial charge in [0.15, 0.2) is 5.41 Å². The summed E-state index contributed by atoms with van der Waals surface area (Å²) in [5, 5.41) is 30.2. The summed E-state index contributed by atoms with van der Waals surface area (Å²) in [6, 6.07) is 24.4. The monoisotopic (exact) mass is 469 g/mol. The van der Waals surface area contributed by atoms with Crippen LogP contribution in [0.25, 0.3) is 0 Å². The minimum absolute atomic E-state index is 0.0592. The van der Waals surface area contributed by atoms with Gasteiger partial charge in [-0.05, 0) is 28.8 Å². The number of hydrogen-bond acceptors (Lipinski definition) is 5. The van der Waals surface area contributed by atoms with Crippen LogP contribution in [0.2, 0.25) is 0 Å². The van der Waals surface area contributed by atoms with Gasteiger partial charge in [-0.25, -0.2) is 0 Å². The minimum atomic E-state index is -1.61. The number of nitriles is 3. The molecular weight excluding hydrogens is 450 g/mol. The topological polar surface area (TPSA) is 101 Å². The van der Waals surface area contributed by atoms with Gasteiger partial charge in [0.25, 0.3) is 0 Å². The maximum atomic E-state index is 10.2. The lowest BCUT2D eigenvalue weighted by molar-refractivity contribution is 0.201. The molecule has 2 N–H and O–H groups in total. The van der Waals surface area contributed by atoms with Gasteiger partial charge in [-0.1, -0.05) is 64.5 Å². The Labute approximate surface area is 190 Å². The fourth-order valence-corrected chi connectivity index (χ4v) is 5.20. The first-order valence-corrected chi connectivity index (χ1v) is 10.8. The number of hydrogen-bond donors (Lipinski definition) is 1. The van der Waals surface area contributed by atoms with Gasteiger partial charge in [0.05, 0.1) is 23.4 Å². The fourth-order valence-electron chi connectivity index (χ4n) is 4.79. The molecule has 0 amide bonds. The second-order valence-electron chi connectivity index (χ2n) is 7.91. The molecule has 4 rings (SSSR count). The molecule has 2 aromatic carbocycles. The van der Waals surface area contributed by atoms with Gasteiger partial charge < -0.3 is 5.73 Å². The second-order valence-corrected chi connectivity index (χ2v) is 8.83. The highest BCUT2D eigenvalue weighted by molar-refractivity contribution is 9.10. The van der Waals surface area contributed by atoms with Crippen molar-refractivity contribution >= 4 is 15.9 Å². The number of nitrogens with zero attached hydrogens (tertiary/aromatic N) is 4. The molecule has 0 saturated heterocycles. The van der Waals surface area contributed by atoms with E-state index in [0.29, 0.717) is 13.1 Å². The lowest BCUT2D eigenvalue weighted by atomic mass is 9.58. The van der Waals surface area contributed by atoms with Crippen LogP contribution in [0, 0.1) is 45.3 Å². The van der Waals surface area contributed by atoms with E-state index in [-0.39, 0.29) is 17.2 Å². The molecule has 0 unspecified atom stereocenters. The van der Waals surface area contributed by atoms with Crippen LogP contribution in [-0.2, 0) is 6.54 Å². The van der Waals surface area contributed by atoms with E-state index in [0.717, 1.165) is 22.2 Å². The van der Waals surface area contributed by atoms with E-state index in [4.69, 9.17) is 5.73 Å². The molecule has 2 atom stereocenters. The van der Waals surface area contributed by atoms with Gasteiger partial charge in [-0.15, -0.1) is 0 Å². The highest BCUT2D eigenvalue weighted by Gasteiger charge is 2.54. The second kappa shape index (κ2) is 8.40. The first kappa shape index (κ1) is 20.9. The molecule has 1 aliphatic heterocycles. The van der Waals surface area contributed by atoms with E-state index in [9.17, 15) is 15.8 Å². The van der Waals surface area contributed by atoms with Crippen molar-refractivity contribution in [3.05, 3.63) is 93.1 Å². The molecule has 2 aromatic rings. The summed E-state index contributed by atoms with van der Waals surface area (Å²) in [6.07, 6.45) is 2.03. The summed E-state index contributed by atoms with van der Waals surface area (Å²) in [4.78, 5) is 2.28. The molecular formula is C25H20BrN5. The average Bonchev–Trinajstić information content (AvgIpc) is 2.79. The van der Waals surface area contributed by atoms with Crippen molar-refractivity contribution in [3.63, 3.8) is 0 Å². The molecule has 1 heterocycles. The molecule has 0 aromatic heterocycles. The van der Waals surface area contributed by atoms with E-state index in [2.05, 4.69) is 51.2 Å². The third-order valence-electron chi connectivity index (χ3n) is 6.20. The molecule has 31 heavy (non-hydrogen) atoms. The third kappa shape index (κ3) is 3.53. The van der Waals surface area contributed by atoms with Crippen molar-refractivity contribution in [1.29, 1.82) is 15.8 Å². The van der Waals surface area contributed by atoms with E-state index in [1.54, 1.807) is 0 Å². The van der Waals surface area contributed by atoms with Crippen molar-refractivity contribution in [1.82, 2.24) is 4.90 Å². The third-order valence-corrected chi connectivity index (χ3v) is 6.69. The number of allylic oxidation sites excluding steroid dienone is 2. The first-order chi connectivity index (χ1) is 15.0. The Kier molecular flexibility index (Phi) is 5.66. The predicted octanol–water partition coefficient (Wildman–Crippen LogP) is 4.37. The summed E-state index contributed by atoms with van der Waals surface area (Å²) < 4.78 is 0.867. The summed E-state index contributed by atoms with van der Waals surface area (Å²) in [5.41, 5.74) is 7.99. The highest BCUT2D eigenvalue weighted by atomic mass is 79.9. The van der Waals surface area contributed by atoms with E-state index in [1.807, 2.05) is 48.5 Å². The Morgan fingerprint density at radius 3 is 2.45 bits per heavy atom. The molecule has 1 aliphatic carbocycles. The number of halogens is 1. The summed E-state index contributed by atoms with van der Waals surface area (Å²) in [7, 11) is 0. The Morgan fingerprint density at radius 2 is 1.81 bits per heavy atom. The zero-order chi connectivity index (χ0) is 22.0.